The minimum absolute atomic E-state index is 0.0465. The quantitative estimate of drug-likeness (QED) is 0.571. The van der Waals surface area contributed by atoms with Crippen molar-refractivity contribution in [2.45, 2.75) is 71.9 Å². The van der Waals surface area contributed by atoms with Gasteiger partial charge in [-0.25, -0.2) is 0 Å². The normalized spacial score (nSPS) is 16.8. The van der Waals surface area contributed by atoms with E-state index in [9.17, 15) is 9.59 Å². The van der Waals surface area contributed by atoms with E-state index < -0.39 is 0 Å². The molecule has 1 aromatic carbocycles. The van der Waals surface area contributed by atoms with Crippen LogP contribution in [0.3, 0.4) is 0 Å². The number of hydrogen-bond donors (Lipinski definition) is 0. The van der Waals surface area contributed by atoms with Crippen LogP contribution in [0, 0.1) is 6.92 Å². The van der Waals surface area contributed by atoms with E-state index in [0.29, 0.717) is 13.0 Å². The van der Waals surface area contributed by atoms with Gasteiger partial charge >= 0.3 is 0 Å². The Bertz CT molecular complexity index is 876. The molecule has 1 aliphatic rings. The van der Waals surface area contributed by atoms with Crippen LogP contribution < -0.4 is 0 Å². The van der Waals surface area contributed by atoms with Crippen LogP contribution in [-0.4, -0.2) is 40.7 Å². The highest BCUT2D eigenvalue weighted by atomic mass is 32.1. The van der Waals surface area contributed by atoms with Gasteiger partial charge in [-0.3, -0.25) is 9.59 Å². The molecule has 2 amide bonds. The Kier molecular flexibility index (Phi) is 7.70. The number of carbonyl (C=O) groups excluding carboxylic acids is 2. The smallest absolute Gasteiger partial charge is 0.243 e. The average molecular weight is 427 g/mol. The fraction of sp³-hybridized carbons (Fsp3) is 0.520. The second-order valence-electron chi connectivity index (χ2n) is 8.28. The maximum atomic E-state index is 13.6. The Hall–Kier alpha value is -2.14. The summed E-state index contributed by atoms with van der Waals surface area (Å²) in [6.07, 6.45) is 4.10. The van der Waals surface area contributed by atoms with Crippen molar-refractivity contribution >= 4 is 23.2 Å². The topological polar surface area (TPSA) is 40.6 Å². The Morgan fingerprint density at radius 2 is 1.97 bits per heavy atom. The minimum Gasteiger partial charge on any atom is -0.331 e. The molecule has 0 spiro atoms. The van der Waals surface area contributed by atoms with E-state index in [1.165, 1.54) is 21.6 Å². The maximum absolute atomic E-state index is 13.6. The highest BCUT2D eigenvalue weighted by Crippen LogP contribution is 2.39. The Morgan fingerprint density at radius 3 is 2.67 bits per heavy atom. The predicted molar refractivity (Wildman–Crippen MR) is 124 cm³/mol. The summed E-state index contributed by atoms with van der Waals surface area (Å²) in [6, 6.07) is 10.5. The van der Waals surface area contributed by atoms with E-state index in [1.54, 1.807) is 16.2 Å². The summed E-state index contributed by atoms with van der Waals surface area (Å²) in [5, 5.41) is 2.13. The third kappa shape index (κ3) is 4.77. The summed E-state index contributed by atoms with van der Waals surface area (Å²) in [6.45, 7) is 9.18. The number of carbonyl (C=O) groups is 2. The second-order valence-corrected chi connectivity index (χ2v) is 9.28. The summed E-state index contributed by atoms with van der Waals surface area (Å²) >= 11 is 1.78. The molecule has 0 unspecified atom stereocenters. The molecular formula is C25H34N2O2S. The zero-order valence-electron chi connectivity index (χ0n) is 18.7. The van der Waals surface area contributed by atoms with Gasteiger partial charge in [0.2, 0.25) is 11.8 Å². The van der Waals surface area contributed by atoms with Gasteiger partial charge < -0.3 is 9.80 Å². The lowest BCUT2D eigenvalue weighted by molar-refractivity contribution is -0.143. The summed E-state index contributed by atoms with van der Waals surface area (Å²) < 4.78 is 0. The Balaban J connectivity index is 1.89. The van der Waals surface area contributed by atoms with E-state index >= 15 is 0 Å². The maximum Gasteiger partial charge on any atom is 0.243 e. The lowest BCUT2D eigenvalue weighted by Gasteiger charge is -2.39. The van der Waals surface area contributed by atoms with Gasteiger partial charge in [-0.2, -0.15) is 0 Å². The number of amides is 2. The molecule has 0 saturated heterocycles. The van der Waals surface area contributed by atoms with E-state index in [1.807, 2.05) is 24.0 Å². The first-order valence-corrected chi connectivity index (χ1v) is 12.1. The predicted octanol–water partition coefficient (Wildman–Crippen LogP) is 5.35. The molecule has 0 saturated carbocycles. The van der Waals surface area contributed by atoms with Crippen molar-refractivity contribution in [1.82, 2.24) is 9.80 Å². The zero-order chi connectivity index (χ0) is 21.7. The van der Waals surface area contributed by atoms with Gasteiger partial charge in [0, 0.05) is 23.9 Å². The molecule has 30 heavy (non-hydrogen) atoms. The van der Waals surface area contributed by atoms with Gasteiger partial charge in [0.05, 0.1) is 6.04 Å². The lowest BCUT2D eigenvalue weighted by atomic mass is 9.90. The molecule has 0 radical (unpaired) electrons. The summed E-state index contributed by atoms with van der Waals surface area (Å²) in [5.41, 5.74) is 3.61. The molecular weight excluding hydrogens is 392 g/mol. The lowest BCUT2D eigenvalue weighted by Crippen LogP contribution is -2.49. The van der Waals surface area contributed by atoms with Crippen molar-refractivity contribution in [3.63, 3.8) is 0 Å². The Labute approximate surface area is 184 Å². The average Bonchev–Trinajstić information content (AvgIpc) is 3.24. The first-order valence-electron chi connectivity index (χ1n) is 11.2. The number of thiophene rings is 1. The van der Waals surface area contributed by atoms with Gasteiger partial charge in [-0.05, 0) is 61.2 Å². The van der Waals surface area contributed by atoms with Gasteiger partial charge in [0.15, 0.2) is 0 Å². The number of rotatable bonds is 8. The molecule has 0 aliphatic carbocycles. The first kappa shape index (κ1) is 22.5. The summed E-state index contributed by atoms with van der Waals surface area (Å²) in [5.74, 6) is 0.144. The SMILES string of the molecule is CCCCC(=O)N(CC(=O)N1CCc2sccc2[C@@H]1c1ccccc1C)[C@@H](C)CC. The fourth-order valence-corrected chi connectivity index (χ4v) is 5.14. The van der Waals surface area contributed by atoms with Crippen LogP contribution in [0.5, 0.6) is 0 Å². The standard InChI is InChI=1S/C25H34N2O2S/c1-5-7-12-23(28)27(19(4)6-2)17-24(29)26-15-13-22-21(14-16-30-22)25(26)20-11-9-8-10-18(20)3/h8-11,14,16,19,25H,5-7,12-13,15,17H2,1-4H3/t19-,25-/m0/s1. The molecule has 0 bridgehead atoms. The van der Waals surface area contributed by atoms with Crippen LogP contribution in [0.15, 0.2) is 35.7 Å². The van der Waals surface area contributed by atoms with Gasteiger partial charge in [-0.1, -0.05) is 44.5 Å². The van der Waals surface area contributed by atoms with E-state index in [2.05, 4.69) is 44.4 Å². The van der Waals surface area contributed by atoms with Crippen molar-refractivity contribution in [1.29, 1.82) is 0 Å². The van der Waals surface area contributed by atoms with E-state index in [-0.39, 0.29) is 30.4 Å². The third-order valence-electron chi connectivity index (χ3n) is 6.26. The molecule has 2 heterocycles. The number of aryl methyl sites for hydroxylation is 1. The van der Waals surface area contributed by atoms with E-state index in [4.69, 9.17) is 0 Å². The van der Waals surface area contributed by atoms with Crippen LogP contribution in [0.1, 0.15) is 74.1 Å². The molecule has 2 atom stereocenters. The monoisotopic (exact) mass is 426 g/mol. The molecule has 0 N–H and O–H groups in total. The second kappa shape index (κ2) is 10.3. The molecule has 3 rings (SSSR count). The van der Waals surface area contributed by atoms with Crippen molar-refractivity contribution in [2.24, 2.45) is 0 Å². The van der Waals surface area contributed by atoms with E-state index in [0.717, 1.165) is 25.7 Å². The molecule has 1 aliphatic heterocycles. The zero-order valence-corrected chi connectivity index (χ0v) is 19.5. The molecule has 0 fully saturated rings. The highest BCUT2D eigenvalue weighted by molar-refractivity contribution is 7.10. The van der Waals surface area contributed by atoms with Crippen molar-refractivity contribution in [2.75, 3.05) is 13.1 Å². The van der Waals surface area contributed by atoms with Gasteiger partial charge in [0.1, 0.15) is 6.54 Å². The fourth-order valence-electron chi connectivity index (χ4n) is 4.23. The van der Waals surface area contributed by atoms with Crippen LogP contribution in [0.25, 0.3) is 0 Å². The van der Waals surface area contributed by atoms with Crippen LogP contribution in [0.4, 0.5) is 0 Å². The number of benzene rings is 1. The van der Waals surface area contributed by atoms with Crippen molar-refractivity contribution in [3.8, 4) is 0 Å². The van der Waals surface area contributed by atoms with Crippen LogP contribution in [-0.2, 0) is 16.0 Å². The number of hydrogen-bond acceptors (Lipinski definition) is 3. The number of unbranched alkanes of at least 4 members (excludes halogenated alkanes) is 1. The summed E-state index contributed by atoms with van der Waals surface area (Å²) in [4.78, 5) is 31.6. The van der Waals surface area contributed by atoms with Gasteiger partial charge in [0.25, 0.3) is 0 Å². The number of fused-ring (bicyclic) bond motifs is 1. The Morgan fingerprint density at radius 1 is 1.20 bits per heavy atom. The molecule has 162 valence electrons. The van der Waals surface area contributed by atoms with Crippen LogP contribution >= 0.6 is 11.3 Å². The number of nitrogens with zero attached hydrogens (tertiary/aromatic N) is 2. The molecule has 4 nitrogen and oxygen atoms in total. The third-order valence-corrected chi connectivity index (χ3v) is 7.26. The molecule has 1 aromatic heterocycles. The highest BCUT2D eigenvalue weighted by Gasteiger charge is 2.35. The largest absolute Gasteiger partial charge is 0.331 e. The summed E-state index contributed by atoms with van der Waals surface area (Å²) in [7, 11) is 0. The molecule has 2 aromatic rings. The first-order chi connectivity index (χ1) is 14.5. The van der Waals surface area contributed by atoms with Gasteiger partial charge in [-0.15, -0.1) is 11.3 Å². The van der Waals surface area contributed by atoms with Crippen molar-refractivity contribution < 1.29 is 9.59 Å². The van der Waals surface area contributed by atoms with Crippen molar-refractivity contribution in [3.05, 3.63) is 57.3 Å². The minimum atomic E-state index is -0.0711. The molecule has 5 heteroatoms. The van der Waals surface area contributed by atoms with Crippen LogP contribution in [0.2, 0.25) is 0 Å².